The number of pyridine rings is 1. The SMILES string of the molecule is CC1CCCN(c2ncc(C(=O)O)cc2NS(=O)(=O)c2ccc(Cl)c(Cl)c2)C1. The van der Waals surface area contributed by atoms with Crippen molar-refractivity contribution in [3.63, 3.8) is 0 Å². The van der Waals surface area contributed by atoms with Crippen LogP contribution in [0.25, 0.3) is 0 Å². The molecule has 0 aliphatic carbocycles. The summed E-state index contributed by atoms with van der Waals surface area (Å²) in [5.41, 5.74) is 0.000666. The Balaban J connectivity index is 2.01. The third-order valence-corrected chi connectivity index (χ3v) is 6.62. The van der Waals surface area contributed by atoms with Gasteiger partial charge in [-0.05, 0) is 43.0 Å². The molecule has 2 heterocycles. The molecule has 1 fully saturated rings. The summed E-state index contributed by atoms with van der Waals surface area (Å²) in [7, 11) is -4.02. The van der Waals surface area contributed by atoms with Crippen LogP contribution < -0.4 is 9.62 Å². The standard InChI is InChI=1S/C18H19Cl2N3O4S/c1-11-3-2-6-23(10-11)17-16(7-12(9-21-17)18(24)25)22-28(26,27)13-4-5-14(19)15(20)8-13/h4-5,7-9,11,22H,2-3,6,10H2,1H3,(H,24,25). The average Bonchev–Trinajstić information content (AvgIpc) is 2.63. The van der Waals surface area contributed by atoms with Crippen molar-refractivity contribution in [3.8, 4) is 0 Å². The number of sulfonamides is 1. The first-order chi connectivity index (χ1) is 13.2. The Morgan fingerprint density at radius 3 is 2.68 bits per heavy atom. The fourth-order valence-corrected chi connectivity index (χ4v) is 4.57. The van der Waals surface area contributed by atoms with Crippen LogP contribution in [0.3, 0.4) is 0 Å². The fraction of sp³-hybridized carbons (Fsp3) is 0.333. The lowest BCUT2D eigenvalue weighted by Crippen LogP contribution is -2.35. The van der Waals surface area contributed by atoms with E-state index >= 15 is 0 Å². The van der Waals surface area contributed by atoms with Crippen LogP contribution in [0.4, 0.5) is 11.5 Å². The molecule has 0 bridgehead atoms. The maximum absolute atomic E-state index is 12.8. The van der Waals surface area contributed by atoms with Gasteiger partial charge in [0.25, 0.3) is 10.0 Å². The lowest BCUT2D eigenvalue weighted by molar-refractivity contribution is 0.0696. The predicted octanol–water partition coefficient (Wildman–Crippen LogP) is 4.12. The van der Waals surface area contributed by atoms with Gasteiger partial charge in [-0.3, -0.25) is 4.72 Å². The lowest BCUT2D eigenvalue weighted by Gasteiger charge is -2.33. The lowest BCUT2D eigenvalue weighted by atomic mass is 10.0. The summed E-state index contributed by atoms with van der Waals surface area (Å²) in [4.78, 5) is 17.5. The second-order valence-corrected chi connectivity index (χ2v) is 9.27. The van der Waals surface area contributed by atoms with E-state index in [4.69, 9.17) is 23.2 Å². The molecule has 0 amide bonds. The number of anilines is 2. The van der Waals surface area contributed by atoms with Gasteiger partial charge in [0.2, 0.25) is 0 Å². The Hall–Kier alpha value is -2.03. The van der Waals surface area contributed by atoms with Gasteiger partial charge >= 0.3 is 5.97 Å². The van der Waals surface area contributed by atoms with Crippen molar-refractivity contribution in [2.24, 2.45) is 5.92 Å². The molecule has 1 aromatic heterocycles. The zero-order valence-electron chi connectivity index (χ0n) is 15.0. The second-order valence-electron chi connectivity index (χ2n) is 6.78. The molecule has 7 nitrogen and oxygen atoms in total. The summed E-state index contributed by atoms with van der Waals surface area (Å²) in [5.74, 6) is -0.365. The van der Waals surface area contributed by atoms with Gasteiger partial charge in [0.1, 0.15) is 0 Å². The number of piperidine rings is 1. The Kier molecular flexibility index (Phi) is 6.02. The van der Waals surface area contributed by atoms with Gasteiger partial charge in [0.15, 0.2) is 5.82 Å². The normalized spacial score (nSPS) is 17.4. The van der Waals surface area contributed by atoms with Crippen molar-refractivity contribution >= 4 is 50.7 Å². The molecule has 3 rings (SSSR count). The fourth-order valence-electron chi connectivity index (χ4n) is 3.13. The third-order valence-electron chi connectivity index (χ3n) is 4.52. The van der Waals surface area contributed by atoms with Crippen LogP contribution >= 0.6 is 23.2 Å². The minimum Gasteiger partial charge on any atom is -0.478 e. The number of rotatable bonds is 5. The average molecular weight is 444 g/mol. The number of aromatic nitrogens is 1. The largest absolute Gasteiger partial charge is 0.478 e. The van der Waals surface area contributed by atoms with Gasteiger partial charge < -0.3 is 10.0 Å². The maximum Gasteiger partial charge on any atom is 0.337 e. The zero-order chi connectivity index (χ0) is 20.5. The predicted molar refractivity (Wildman–Crippen MR) is 109 cm³/mol. The topological polar surface area (TPSA) is 99.6 Å². The summed E-state index contributed by atoms with van der Waals surface area (Å²) in [5, 5.41) is 9.61. The van der Waals surface area contributed by atoms with Crippen molar-refractivity contribution < 1.29 is 18.3 Å². The molecule has 1 unspecified atom stereocenters. The number of carboxylic acid groups (broad SMARTS) is 1. The summed E-state index contributed by atoms with van der Waals surface area (Å²) in [6.07, 6.45) is 3.25. The van der Waals surface area contributed by atoms with E-state index in [2.05, 4.69) is 16.6 Å². The molecule has 150 valence electrons. The number of carbonyl (C=O) groups is 1. The summed E-state index contributed by atoms with van der Waals surface area (Å²) < 4.78 is 28.1. The Labute approximate surface area is 173 Å². The summed E-state index contributed by atoms with van der Waals surface area (Å²) in [6.45, 7) is 3.53. The molecule has 0 radical (unpaired) electrons. The smallest absolute Gasteiger partial charge is 0.337 e. The van der Waals surface area contributed by atoms with E-state index in [1.54, 1.807) is 0 Å². The molecule has 1 aromatic carbocycles. The number of hydrogen-bond acceptors (Lipinski definition) is 5. The molecule has 1 aliphatic rings. The highest BCUT2D eigenvalue weighted by Crippen LogP contribution is 2.31. The van der Waals surface area contributed by atoms with Crippen LogP contribution in [-0.2, 0) is 10.0 Å². The van der Waals surface area contributed by atoms with E-state index in [1.165, 1.54) is 30.5 Å². The van der Waals surface area contributed by atoms with E-state index in [0.717, 1.165) is 12.8 Å². The van der Waals surface area contributed by atoms with Gasteiger partial charge in [-0.15, -0.1) is 0 Å². The van der Waals surface area contributed by atoms with Crippen molar-refractivity contribution in [2.45, 2.75) is 24.7 Å². The van der Waals surface area contributed by atoms with Crippen LogP contribution in [0, 0.1) is 5.92 Å². The van der Waals surface area contributed by atoms with E-state index < -0.39 is 16.0 Å². The Morgan fingerprint density at radius 1 is 1.29 bits per heavy atom. The number of benzene rings is 1. The molecule has 1 atom stereocenters. The molecule has 28 heavy (non-hydrogen) atoms. The van der Waals surface area contributed by atoms with Crippen molar-refractivity contribution in [1.29, 1.82) is 0 Å². The number of nitrogens with zero attached hydrogens (tertiary/aromatic N) is 2. The Morgan fingerprint density at radius 2 is 2.04 bits per heavy atom. The van der Waals surface area contributed by atoms with Crippen molar-refractivity contribution in [1.82, 2.24) is 4.98 Å². The molecular weight excluding hydrogens is 425 g/mol. The quantitative estimate of drug-likeness (QED) is 0.720. The molecule has 1 saturated heterocycles. The van der Waals surface area contributed by atoms with Crippen LogP contribution in [0.2, 0.25) is 10.0 Å². The number of aromatic carboxylic acids is 1. The van der Waals surface area contributed by atoms with Gasteiger partial charge in [0, 0.05) is 19.3 Å². The second kappa shape index (κ2) is 8.14. The van der Waals surface area contributed by atoms with Crippen LogP contribution in [-0.4, -0.2) is 37.6 Å². The van der Waals surface area contributed by atoms with E-state index in [9.17, 15) is 18.3 Å². The van der Waals surface area contributed by atoms with E-state index in [0.29, 0.717) is 24.8 Å². The third kappa shape index (κ3) is 4.51. The molecule has 2 aromatic rings. The highest BCUT2D eigenvalue weighted by Gasteiger charge is 2.24. The molecule has 10 heteroatoms. The number of halogens is 2. The van der Waals surface area contributed by atoms with Gasteiger partial charge in [-0.25, -0.2) is 18.2 Å². The molecular formula is C18H19Cl2N3O4S. The van der Waals surface area contributed by atoms with Gasteiger partial charge in [-0.2, -0.15) is 0 Å². The van der Waals surface area contributed by atoms with E-state index in [1.807, 2.05) is 4.90 Å². The molecule has 1 aliphatic heterocycles. The van der Waals surface area contributed by atoms with Crippen molar-refractivity contribution in [3.05, 3.63) is 46.1 Å². The summed E-state index contributed by atoms with van der Waals surface area (Å²) >= 11 is 11.8. The highest BCUT2D eigenvalue weighted by atomic mass is 35.5. The molecule has 2 N–H and O–H groups in total. The first-order valence-corrected chi connectivity index (χ1v) is 10.9. The van der Waals surface area contributed by atoms with Crippen LogP contribution in [0.1, 0.15) is 30.1 Å². The number of carboxylic acids is 1. The van der Waals surface area contributed by atoms with Crippen molar-refractivity contribution in [2.75, 3.05) is 22.7 Å². The minimum absolute atomic E-state index is 0.0828. The Bertz CT molecular complexity index is 1010. The molecule has 0 saturated carbocycles. The molecule has 0 spiro atoms. The van der Waals surface area contributed by atoms with Gasteiger partial charge in [0.05, 0.1) is 26.2 Å². The van der Waals surface area contributed by atoms with E-state index in [-0.39, 0.29) is 26.2 Å². The first-order valence-electron chi connectivity index (χ1n) is 8.63. The number of nitrogens with one attached hydrogen (secondary N) is 1. The van der Waals surface area contributed by atoms with Gasteiger partial charge in [-0.1, -0.05) is 30.1 Å². The zero-order valence-corrected chi connectivity index (χ0v) is 17.4. The monoisotopic (exact) mass is 443 g/mol. The van der Waals surface area contributed by atoms with Crippen LogP contribution in [0.5, 0.6) is 0 Å². The highest BCUT2D eigenvalue weighted by molar-refractivity contribution is 7.92. The maximum atomic E-state index is 12.8. The number of hydrogen-bond donors (Lipinski definition) is 2. The van der Waals surface area contributed by atoms with Crippen LogP contribution in [0.15, 0.2) is 35.4 Å². The minimum atomic E-state index is -4.02. The summed E-state index contributed by atoms with van der Waals surface area (Å²) in [6, 6.07) is 5.23. The first kappa shape index (κ1) is 20.7.